The fraction of sp³-hybridized carbons (Fsp3) is 0.611. The summed E-state index contributed by atoms with van der Waals surface area (Å²) in [5.41, 5.74) is 0.383. The van der Waals surface area contributed by atoms with E-state index in [1.807, 2.05) is 51.1 Å². The second kappa shape index (κ2) is 7.66. The average Bonchev–Trinajstić information content (AvgIpc) is 3.03. The Morgan fingerprint density at radius 3 is 2.54 bits per heavy atom. The van der Waals surface area contributed by atoms with E-state index in [1.165, 1.54) is 0 Å². The Labute approximate surface area is 144 Å². The lowest BCUT2D eigenvalue weighted by Crippen LogP contribution is -2.48. The van der Waals surface area contributed by atoms with E-state index in [2.05, 4.69) is 4.72 Å². The van der Waals surface area contributed by atoms with Crippen molar-refractivity contribution < 1.29 is 17.9 Å². The Kier molecular flexibility index (Phi) is 6.04. The van der Waals surface area contributed by atoms with E-state index >= 15 is 0 Å². The van der Waals surface area contributed by atoms with Gasteiger partial charge in [0.1, 0.15) is 6.61 Å². The first-order chi connectivity index (χ1) is 11.2. The molecule has 0 radical (unpaired) electrons. The summed E-state index contributed by atoms with van der Waals surface area (Å²) in [5, 5.41) is -0.702. The molecule has 1 aromatic carbocycles. The number of carbonyl (C=O) groups excluding carboxylic acids is 1. The first-order valence-electron chi connectivity index (χ1n) is 8.48. The van der Waals surface area contributed by atoms with Gasteiger partial charge in [-0.25, -0.2) is 13.1 Å². The number of ether oxygens (including phenoxy) is 1. The van der Waals surface area contributed by atoms with E-state index in [1.54, 1.807) is 0 Å². The summed E-state index contributed by atoms with van der Waals surface area (Å²) in [4.78, 5) is 12.4. The molecule has 0 bridgehead atoms. The Morgan fingerprint density at radius 1 is 1.25 bits per heavy atom. The minimum absolute atomic E-state index is 0.177. The largest absolute Gasteiger partial charge is 0.461 e. The summed E-state index contributed by atoms with van der Waals surface area (Å²) in [7, 11) is -3.56. The van der Waals surface area contributed by atoms with Gasteiger partial charge in [0.05, 0.1) is 11.2 Å². The van der Waals surface area contributed by atoms with Crippen molar-refractivity contribution in [1.29, 1.82) is 0 Å². The molecule has 1 aliphatic carbocycles. The normalized spacial score (nSPS) is 21.6. The van der Waals surface area contributed by atoms with Crippen LogP contribution in [0.4, 0.5) is 0 Å². The van der Waals surface area contributed by atoms with Gasteiger partial charge in [-0.1, -0.05) is 43.7 Å². The van der Waals surface area contributed by atoms with Gasteiger partial charge in [-0.2, -0.15) is 0 Å². The Bertz CT molecular complexity index is 655. The highest BCUT2D eigenvalue weighted by Gasteiger charge is 2.43. The third kappa shape index (κ3) is 4.80. The number of nitrogens with one attached hydrogen (secondary N) is 1. The maximum absolute atomic E-state index is 12.7. The molecular formula is C18H27NO4S. The highest BCUT2D eigenvalue weighted by molar-refractivity contribution is 7.90. The fourth-order valence-electron chi connectivity index (χ4n) is 2.94. The lowest BCUT2D eigenvalue weighted by atomic mass is 10.0. The minimum Gasteiger partial charge on any atom is -0.461 e. The van der Waals surface area contributed by atoms with Gasteiger partial charge in [0, 0.05) is 5.54 Å². The maximum atomic E-state index is 12.7. The standard InChI is InChI=1S/C18H27NO4S/c1-4-18(2,3)19-24(21,22)16-12-8-11-15(16)17(20)23-13-14-9-6-5-7-10-14/h5-7,9-10,15-16,19H,4,8,11-13H2,1-3H3/t15-,16?/m1/s1. The predicted octanol–water partition coefficient (Wildman–Crippen LogP) is 3.01. The Morgan fingerprint density at radius 2 is 1.92 bits per heavy atom. The van der Waals surface area contributed by atoms with Crippen molar-refractivity contribution in [3.8, 4) is 0 Å². The third-order valence-corrected chi connectivity index (χ3v) is 6.88. The van der Waals surface area contributed by atoms with Crippen LogP contribution in [-0.4, -0.2) is 25.2 Å². The zero-order chi connectivity index (χ0) is 17.8. The molecule has 24 heavy (non-hydrogen) atoms. The average molecular weight is 353 g/mol. The van der Waals surface area contributed by atoms with Crippen LogP contribution >= 0.6 is 0 Å². The quantitative estimate of drug-likeness (QED) is 0.765. The number of esters is 1. The lowest BCUT2D eigenvalue weighted by molar-refractivity contribution is -0.149. The molecule has 2 rings (SSSR count). The zero-order valence-electron chi connectivity index (χ0n) is 14.6. The molecule has 0 heterocycles. The summed E-state index contributed by atoms with van der Waals surface area (Å²) in [6.45, 7) is 5.81. The molecular weight excluding hydrogens is 326 g/mol. The van der Waals surface area contributed by atoms with Crippen LogP contribution in [0.3, 0.4) is 0 Å². The molecule has 134 valence electrons. The number of rotatable bonds is 7. The number of carbonyl (C=O) groups is 1. The van der Waals surface area contributed by atoms with Crippen molar-refractivity contribution in [1.82, 2.24) is 4.72 Å². The Hall–Kier alpha value is -1.40. The Balaban J connectivity index is 2.02. The fourth-order valence-corrected chi connectivity index (χ4v) is 5.16. The van der Waals surface area contributed by atoms with Crippen LogP contribution in [0.25, 0.3) is 0 Å². The molecule has 1 fully saturated rings. The van der Waals surface area contributed by atoms with E-state index in [-0.39, 0.29) is 6.61 Å². The molecule has 6 heteroatoms. The van der Waals surface area contributed by atoms with Gasteiger partial charge in [0.2, 0.25) is 10.0 Å². The van der Waals surface area contributed by atoms with Crippen LogP contribution in [0.1, 0.15) is 52.0 Å². The molecule has 1 aromatic rings. The van der Waals surface area contributed by atoms with E-state index < -0.39 is 32.7 Å². The van der Waals surface area contributed by atoms with E-state index in [0.29, 0.717) is 19.3 Å². The second-order valence-electron chi connectivity index (χ2n) is 7.05. The van der Waals surface area contributed by atoms with Crippen molar-refractivity contribution in [2.45, 2.75) is 63.9 Å². The predicted molar refractivity (Wildman–Crippen MR) is 93.8 cm³/mol. The molecule has 1 N–H and O–H groups in total. The SMILES string of the molecule is CCC(C)(C)NS(=O)(=O)C1CCC[C@H]1C(=O)OCc1ccccc1. The first-order valence-corrected chi connectivity index (χ1v) is 10.0. The monoisotopic (exact) mass is 353 g/mol. The van der Waals surface area contributed by atoms with E-state index in [4.69, 9.17) is 4.74 Å². The molecule has 0 aromatic heterocycles. The molecule has 0 amide bonds. The van der Waals surface area contributed by atoms with Gasteiger partial charge in [-0.05, 0) is 38.7 Å². The third-order valence-electron chi connectivity index (χ3n) is 4.68. The highest BCUT2D eigenvalue weighted by atomic mass is 32.2. The topological polar surface area (TPSA) is 72.5 Å². The number of hydrogen-bond donors (Lipinski definition) is 1. The molecule has 1 saturated carbocycles. The molecule has 1 unspecified atom stereocenters. The van der Waals surface area contributed by atoms with Gasteiger partial charge in [0.25, 0.3) is 0 Å². The van der Waals surface area contributed by atoms with Gasteiger partial charge in [-0.15, -0.1) is 0 Å². The van der Waals surface area contributed by atoms with Crippen molar-refractivity contribution in [3.63, 3.8) is 0 Å². The molecule has 5 nitrogen and oxygen atoms in total. The second-order valence-corrected chi connectivity index (χ2v) is 8.95. The van der Waals surface area contributed by atoms with E-state index in [0.717, 1.165) is 12.0 Å². The van der Waals surface area contributed by atoms with Crippen LogP contribution in [0.5, 0.6) is 0 Å². The summed E-state index contributed by atoms with van der Waals surface area (Å²) < 4.78 is 33.5. The van der Waals surface area contributed by atoms with Gasteiger partial charge in [0.15, 0.2) is 0 Å². The number of hydrogen-bond acceptors (Lipinski definition) is 4. The van der Waals surface area contributed by atoms with Crippen molar-refractivity contribution >= 4 is 16.0 Å². The van der Waals surface area contributed by atoms with Gasteiger partial charge < -0.3 is 4.74 Å². The van der Waals surface area contributed by atoms with Crippen molar-refractivity contribution in [2.24, 2.45) is 5.92 Å². The number of benzene rings is 1. The smallest absolute Gasteiger partial charge is 0.310 e. The minimum atomic E-state index is -3.56. The zero-order valence-corrected chi connectivity index (χ0v) is 15.4. The highest BCUT2D eigenvalue weighted by Crippen LogP contribution is 2.33. The van der Waals surface area contributed by atoms with Crippen LogP contribution in [0.15, 0.2) is 30.3 Å². The van der Waals surface area contributed by atoms with Crippen LogP contribution < -0.4 is 4.72 Å². The molecule has 0 spiro atoms. The summed E-state index contributed by atoms with van der Waals surface area (Å²) in [6.07, 6.45) is 2.47. The molecule has 1 aliphatic rings. The maximum Gasteiger partial charge on any atom is 0.310 e. The number of sulfonamides is 1. The van der Waals surface area contributed by atoms with Gasteiger partial charge in [-0.3, -0.25) is 4.79 Å². The molecule has 0 saturated heterocycles. The van der Waals surface area contributed by atoms with Crippen molar-refractivity contribution in [3.05, 3.63) is 35.9 Å². The summed E-state index contributed by atoms with van der Waals surface area (Å²) in [6, 6.07) is 9.40. The van der Waals surface area contributed by atoms with Crippen LogP contribution in [0, 0.1) is 5.92 Å². The van der Waals surface area contributed by atoms with Crippen molar-refractivity contribution in [2.75, 3.05) is 0 Å². The summed E-state index contributed by atoms with van der Waals surface area (Å²) in [5.74, 6) is -1.00. The van der Waals surface area contributed by atoms with Gasteiger partial charge >= 0.3 is 5.97 Å². The van der Waals surface area contributed by atoms with E-state index in [9.17, 15) is 13.2 Å². The van der Waals surface area contributed by atoms with Crippen LogP contribution in [-0.2, 0) is 26.2 Å². The first kappa shape index (κ1) is 18.9. The lowest BCUT2D eigenvalue weighted by Gasteiger charge is -2.28. The van der Waals surface area contributed by atoms with Crippen LogP contribution in [0.2, 0.25) is 0 Å². The molecule has 2 atom stereocenters. The molecule has 0 aliphatic heterocycles. The summed E-state index contributed by atoms with van der Waals surface area (Å²) >= 11 is 0.